The Morgan fingerprint density at radius 1 is 1.24 bits per heavy atom. The molecule has 1 N–H and O–H groups in total. The molecular weight excluding hydrogens is 260 g/mol. The maximum absolute atomic E-state index is 4.68. The molecule has 0 fully saturated rings. The minimum Gasteiger partial charge on any atom is -0.317 e. The van der Waals surface area contributed by atoms with E-state index in [0.29, 0.717) is 12.1 Å². The molecule has 0 saturated heterocycles. The molecule has 0 spiro atoms. The first-order valence-electron chi connectivity index (χ1n) is 7.84. The molecule has 2 atom stereocenters. The molecule has 114 valence electrons. The third-order valence-corrected chi connectivity index (χ3v) is 4.04. The van der Waals surface area contributed by atoms with Crippen LogP contribution in [-0.4, -0.2) is 27.9 Å². The van der Waals surface area contributed by atoms with Gasteiger partial charge in [-0.05, 0) is 51.4 Å². The maximum Gasteiger partial charge on any atom is 0.0640 e. The van der Waals surface area contributed by atoms with Crippen LogP contribution in [0.3, 0.4) is 0 Å². The molecule has 0 amide bonds. The minimum absolute atomic E-state index is 0.437. The molecule has 2 aromatic heterocycles. The molecule has 2 unspecified atom stereocenters. The van der Waals surface area contributed by atoms with Crippen molar-refractivity contribution in [1.29, 1.82) is 0 Å². The van der Waals surface area contributed by atoms with Crippen molar-refractivity contribution in [3.63, 3.8) is 0 Å². The molecule has 0 aromatic carbocycles. The van der Waals surface area contributed by atoms with Crippen LogP contribution in [-0.2, 0) is 12.8 Å². The quantitative estimate of drug-likeness (QED) is 0.811. The van der Waals surface area contributed by atoms with Gasteiger partial charge in [0.15, 0.2) is 0 Å². The average molecular weight is 286 g/mol. The minimum atomic E-state index is 0.437. The van der Waals surface area contributed by atoms with E-state index in [1.165, 1.54) is 0 Å². The van der Waals surface area contributed by atoms with Gasteiger partial charge < -0.3 is 5.32 Å². The first-order valence-corrected chi connectivity index (χ1v) is 7.84. The Morgan fingerprint density at radius 2 is 2.10 bits per heavy atom. The highest BCUT2D eigenvalue weighted by atomic mass is 15.3. The molecule has 0 aliphatic heterocycles. The van der Waals surface area contributed by atoms with Crippen LogP contribution < -0.4 is 5.32 Å². The lowest BCUT2D eigenvalue weighted by atomic mass is 10.0. The molecule has 0 saturated carbocycles. The van der Waals surface area contributed by atoms with Crippen molar-refractivity contribution in [3.05, 3.63) is 48.0 Å². The highest BCUT2D eigenvalue weighted by Crippen LogP contribution is 2.12. The van der Waals surface area contributed by atoms with Crippen LogP contribution in [0.1, 0.15) is 44.1 Å². The number of pyridine rings is 1. The molecule has 0 aliphatic rings. The number of rotatable bonds is 8. The Bertz CT molecular complexity index is 521. The van der Waals surface area contributed by atoms with Gasteiger partial charge in [0, 0.05) is 36.6 Å². The number of likely N-dealkylation sites (N-methyl/N-ethyl adjacent to an activating group) is 1. The first-order chi connectivity index (χ1) is 10.2. The van der Waals surface area contributed by atoms with Crippen molar-refractivity contribution in [3.8, 4) is 0 Å². The van der Waals surface area contributed by atoms with Crippen molar-refractivity contribution in [2.24, 2.45) is 0 Å². The summed E-state index contributed by atoms with van der Waals surface area (Å²) in [5.74, 6) is 0. The van der Waals surface area contributed by atoms with Crippen molar-refractivity contribution in [2.75, 3.05) is 7.05 Å². The Labute approximate surface area is 127 Å². The van der Waals surface area contributed by atoms with Crippen LogP contribution in [0.5, 0.6) is 0 Å². The summed E-state index contributed by atoms with van der Waals surface area (Å²) < 4.78 is 2.07. The van der Waals surface area contributed by atoms with Crippen molar-refractivity contribution < 1.29 is 0 Å². The molecule has 2 aromatic rings. The number of aryl methyl sites for hydroxylation is 1. The monoisotopic (exact) mass is 286 g/mol. The number of hydrogen-bond donors (Lipinski definition) is 1. The number of aromatic nitrogens is 3. The van der Waals surface area contributed by atoms with Crippen LogP contribution in [0.4, 0.5) is 0 Å². The first kappa shape index (κ1) is 15.7. The SMILES string of the molecule is CCC(C)n1ccc(CC(CCc2ccccn2)NC)n1. The summed E-state index contributed by atoms with van der Waals surface area (Å²) in [5, 5.41) is 8.08. The molecular formula is C17H26N4. The average Bonchev–Trinajstić information content (AvgIpc) is 3.00. The zero-order chi connectivity index (χ0) is 15.1. The standard InChI is InChI=1S/C17H26N4/c1-4-14(2)21-12-10-17(20-21)13-16(18-3)9-8-15-7-5-6-11-19-15/h5-7,10-12,14,16,18H,4,8-9,13H2,1-3H3. The fourth-order valence-electron chi connectivity index (χ4n) is 2.39. The predicted molar refractivity (Wildman–Crippen MR) is 86.3 cm³/mol. The molecule has 0 radical (unpaired) electrons. The Morgan fingerprint density at radius 3 is 2.76 bits per heavy atom. The molecule has 2 rings (SSSR count). The molecule has 21 heavy (non-hydrogen) atoms. The van der Waals surface area contributed by atoms with E-state index >= 15 is 0 Å². The second kappa shape index (κ2) is 7.93. The molecule has 4 heteroatoms. The Kier molecular flexibility index (Phi) is 5.93. The van der Waals surface area contributed by atoms with Gasteiger partial charge in [0.2, 0.25) is 0 Å². The fourth-order valence-corrected chi connectivity index (χ4v) is 2.39. The van der Waals surface area contributed by atoms with Gasteiger partial charge in [0.1, 0.15) is 0 Å². The van der Waals surface area contributed by atoms with Crippen LogP contribution in [0, 0.1) is 0 Å². The third kappa shape index (κ3) is 4.67. The highest BCUT2D eigenvalue weighted by molar-refractivity contribution is 5.05. The molecule has 0 aliphatic carbocycles. The summed E-state index contributed by atoms with van der Waals surface area (Å²) >= 11 is 0. The van der Waals surface area contributed by atoms with Gasteiger partial charge in [-0.2, -0.15) is 5.10 Å². The topological polar surface area (TPSA) is 42.7 Å². The molecule has 4 nitrogen and oxygen atoms in total. The van der Waals surface area contributed by atoms with Gasteiger partial charge in [-0.15, -0.1) is 0 Å². The second-order valence-corrected chi connectivity index (χ2v) is 5.59. The van der Waals surface area contributed by atoms with Gasteiger partial charge in [-0.3, -0.25) is 9.67 Å². The van der Waals surface area contributed by atoms with E-state index in [1.807, 2.05) is 25.4 Å². The van der Waals surface area contributed by atoms with E-state index in [9.17, 15) is 0 Å². The van der Waals surface area contributed by atoms with E-state index < -0.39 is 0 Å². The van der Waals surface area contributed by atoms with E-state index in [-0.39, 0.29) is 0 Å². The van der Waals surface area contributed by atoms with Crippen LogP contribution in [0.15, 0.2) is 36.7 Å². The summed E-state index contributed by atoms with van der Waals surface area (Å²) in [6.45, 7) is 4.39. The molecule has 0 bridgehead atoms. The van der Waals surface area contributed by atoms with E-state index in [0.717, 1.165) is 37.1 Å². The lowest BCUT2D eigenvalue weighted by Gasteiger charge is -2.15. The van der Waals surface area contributed by atoms with Gasteiger partial charge in [0.25, 0.3) is 0 Å². The number of nitrogens with zero attached hydrogens (tertiary/aromatic N) is 3. The van der Waals surface area contributed by atoms with Gasteiger partial charge >= 0.3 is 0 Å². The summed E-state index contributed by atoms with van der Waals surface area (Å²) in [6, 6.07) is 9.14. The highest BCUT2D eigenvalue weighted by Gasteiger charge is 2.11. The van der Waals surface area contributed by atoms with Crippen molar-refractivity contribution >= 4 is 0 Å². The van der Waals surface area contributed by atoms with Crippen LogP contribution >= 0.6 is 0 Å². The zero-order valence-corrected chi connectivity index (χ0v) is 13.3. The second-order valence-electron chi connectivity index (χ2n) is 5.59. The summed E-state index contributed by atoms with van der Waals surface area (Å²) in [5.41, 5.74) is 2.32. The number of nitrogens with one attached hydrogen (secondary N) is 1. The normalized spacial score (nSPS) is 14.0. The smallest absolute Gasteiger partial charge is 0.0640 e. The van der Waals surface area contributed by atoms with E-state index in [2.05, 4.69) is 52.3 Å². The predicted octanol–water partition coefficient (Wildman–Crippen LogP) is 3.01. The van der Waals surface area contributed by atoms with Crippen LogP contribution in [0.25, 0.3) is 0 Å². The van der Waals surface area contributed by atoms with Crippen LogP contribution in [0.2, 0.25) is 0 Å². The maximum atomic E-state index is 4.68. The van der Waals surface area contributed by atoms with Gasteiger partial charge in [-0.25, -0.2) is 0 Å². The van der Waals surface area contributed by atoms with Gasteiger partial charge in [0.05, 0.1) is 5.69 Å². The lowest BCUT2D eigenvalue weighted by Crippen LogP contribution is -2.28. The van der Waals surface area contributed by atoms with E-state index in [4.69, 9.17) is 0 Å². The summed E-state index contributed by atoms with van der Waals surface area (Å²) in [6.07, 6.45) is 8.09. The summed E-state index contributed by atoms with van der Waals surface area (Å²) in [4.78, 5) is 4.38. The Balaban J connectivity index is 1.88. The van der Waals surface area contributed by atoms with Crippen molar-refractivity contribution in [2.45, 2.75) is 51.6 Å². The zero-order valence-electron chi connectivity index (χ0n) is 13.3. The third-order valence-electron chi connectivity index (χ3n) is 4.04. The lowest BCUT2D eigenvalue weighted by molar-refractivity contribution is 0.463. The largest absolute Gasteiger partial charge is 0.317 e. The summed E-state index contributed by atoms with van der Waals surface area (Å²) in [7, 11) is 2.02. The fraction of sp³-hybridized carbons (Fsp3) is 0.529. The van der Waals surface area contributed by atoms with Crippen molar-refractivity contribution in [1.82, 2.24) is 20.1 Å². The van der Waals surface area contributed by atoms with Gasteiger partial charge in [-0.1, -0.05) is 13.0 Å². The van der Waals surface area contributed by atoms with E-state index in [1.54, 1.807) is 0 Å². The number of hydrogen-bond acceptors (Lipinski definition) is 3. The molecule has 2 heterocycles. The Hall–Kier alpha value is -1.68.